The molecule has 0 saturated carbocycles. The van der Waals surface area contributed by atoms with Crippen LogP contribution in [0.4, 0.5) is 0 Å². The second-order valence-corrected chi connectivity index (χ2v) is 15.6. The van der Waals surface area contributed by atoms with E-state index in [0.717, 1.165) is 12.8 Å². The second kappa shape index (κ2) is 21.0. The number of carbonyl (C=O) groups excluding carboxylic acids is 4. The highest BCUT2D eigenvalue weighted by atomic mass is 16.5. The summed E-state index contributed by atoms with van der Waals surface area (Å²) in [6.07, 6.45) is 0.148. The molecule has 1 aliphatic heterocycles. The van der Waals surface area contributed by atoms with Crippen LogP contribution in [0, 0.1) is 23.7 Å². The number of nitrogens with zero attached hydrogens (tertiary/aromatic N) is 3. The summed E-state index contributed by atoms with van der Waals surface area (Å²) in [5, 5.41) is 16.8. The summed E-state index contributed by atoms with van der Waals surface area (Å²) in [6, 6.07) is 6.72. The molecule has 3 N–H and O–H groups in total. The van der Waals surface area contributed by atoms with Gasteiger partial charge in [0, 0.05) is 27.8 Å². The van der Waals surface area contributed by atoms with Gasteiger partial charge in [0.1, 0.15) is 6.04 Å². The van der Waals surface area contributed by atoms with E-state index in [1.54, 1.807) is 44.9 Å². The van der Waals surface area contributed by atoms with E-state index >= 15 is 0 Å². The Balaban J connectivity index is 2.25. The normalized spacial score (nSPS) is 20.1. The van der Waals surface area contributed by atoms with Crippen molar-refractivity contribution in [2.75, 3.05) is 41.9 Å². The topological polar surface area (TPSA) is 141 Å². The molecule has 1 saturated heterocycles. The number of hydrogen-bond donors (Lipinski definition) is 3. The van der Waals surface area contributed by atoms with Gasteiger partial charge in [0.15, 0.2) is 0 Å². The van der Waals surface area contributed by atoms with Crippen LogP contribution in [0.3, 0.4) is 0 Å². The lowest BCUT2D eigenvalue weighted by Gasteiger charge is -2.41. The Labute approximate surface area is 313 Å². The van der Waals surface area contributed by atoms with Crippen LogP contribution >= 0.6 is 0 Å². The van der Waals surface area contributed by atoms with Crippen LogP contribution in [0.25, 0.3) is 0 Å². The number of likely N-dealkylation sites (N-methyl/N-ethyl adjacent to an activating group) is 2. The third-order valence-electron chi connectivity index (χ3n) is 10.9. The Morgan fingerprint density at radius 1 is 0.904 bits per heavy atom. The summed E-state index contributed by atoms with van der Waals surface area (Å²) in [5.74, 6) is -1.57. The summed E-state index contributed by atoms with van der Waals surface area (Å²) in [4.78, 5) is 60.6. The molecule has 12 nitrogen and oxygen atoms in total. The molecule has 1 aromatic rings. The minimum atomic E-state index is -0.876. The average molecular weight is 732 g/mol. The number of ether oxygens (including phenoxy) is 2. The Kier molecular flexibility index (Phi) is 18.2. The number of aliphatic hydroxyl groups excluding tert-OH is 1. The lowest BCUT2D eigenvalue weighted by molar-refractivity contribution is -0.148. The number of aliphatic hydroxyl groups is 1. The van der Waals surface area contributed by atoms with Gasteiger partial charge in [-0.15, -0.1) is 0 Å². The molecule has 10 atom stereocenters. The van der Waals surface area contributed by atoms with Crippen molar-refractivity contribution >= 4 is 23.6 Å². The molecule has 0 aliphatic carbocycles. The third kappa shape index (κ3) is 11.5. The van der Waals surface area contributed by atoms with E-state index in [1.165, 1.54) is 0 Å². The lowest BCUT2D eigenvalue weighted by Crippen LogP contribution is -2.59. The molecule has 0 spiro atoms. The molecule has 4 amide bonds. The molecular formula is C40H69N5O7. The van der Waals surface area contributed by atoms with Gasteiger partial charge in [0.2, 0.25) is 23.6 Å². The molecular weight excluding hydrogens is 662 g/mol. The van der Waals surface area contributed by atoms with Crippen molar-refractivity contribution in [3.8, 4) is 0 Å². The first-order valence-electron chi connectivity index (χ1n) is 19.0. The van der Waals surface area contributed by atoms with Gasteiger partial charge in [0.05, 0.1) is 54.8 Å². The van der Waals surface area contributed by atoms with E-state index in [-0.39, 0.29) is 53.8 Å². The molecule has 1 fully saturated rings. The van der Waals surface area contributed by atoms with Crippen LogP contribution in [-0.4, -0.2) is 128 Å². The van der Waals surface area contributed by atoms with Gasteiger partial charge in [-0.1, -0.05) is 85.2 Å². The molecule has 0 radical (unpaired) electrons. The summed E-state index contributed by atoms with van der Waals surface area (Å²) in [6.45, 7) is 16.0. The first kappa shape index (κ1) is 45.1. The minimum absolute atomic E-state index is 0.0153. The van der Waals surface area contributed by atoms with Crippen molar-refractivity contribution in [3.05, 3.63) is 35.9 Å². The smallest absolute Gasteiger partial charge is 0.245 e. The zero-order valence-corrected chi connectivity index (χ0v) is 34.1. The van der Waals surface area contributed by atoms with Crippen LogP contribution < -0.4 is 10.6 Å². The number of benzene rings is 1. The predicted molar refractivity (Wildman–Crippen MR) is 204 cm³/mol. The highest BCUT2D eigenvalue weighted by Crippen LogP contribution is 2.30. The van der Waals surface area contributed by atoms with Gasteiger partial charge >= 0.3 is 0 Å². The largest absolute Gasteiger partial charge is 0.386 e. The highest BCUT2D eigenvalue weighted by molar-refractivity contribution is 5.90. The van der Waals surface area contributed by atoms with Gasteiger partial charge in [-0.05, 0) is 57.2 Å². The van der Waals surface area contributed by atoms with Crippen molar-refractivity contribution < 1.29 is 33.8 Å². The Bertz CT molecular complexity index is 1270. The fraction of sp³-hybridized carbons (Fsp3) is 0.750. The SMILES string of the molecule is CCC(C)[C@@H]([C@@H](CC(=O)N1CCC[C@H]1[C@H](OC)[C@@H](C)C(=O)N[C@H](C)C(O)c1ccccc1)OC)N(C)C(=O)[C@@H](NC(=O)[C@H](C(C)C)N(C)C)C(C)C. The van der Waals surface area contributed by atoms with E-state index in [0.29, 0.717) is 18.5 Å². The van der Waals surface area contributed by atoms with Crippen LogP contribution in [0.1, 0.15) is 92.7 Å². The maximum Gasteiger partial charge on any atom is 0.245 e. The standard InChI is InChI=1S/C40H69N5O7/c1-14-26(6)35(44(11)40(50)33(24(2)3)42-39(49)34(25(4)5)43(9)10)31(51-12)23-32(46)45-22-18-21-30(45)37(52-13)27(7)38(48)41-28(8)36(47)29-19-16-15-17-20-29/h15-17,19-20,24-28,30-31,33-37,47H,14,18,21-23H2,1-13H3,(H,41,48)(H,42,49)/t26?,27-,28-,30+,31-,33+,34+,35+,36?,37-/m1/s1. The van der Waals surface area contributed by atoms with Crippen LogP contribution in [-0.2, 0) is 28.7 Å². The molecule has 2 unspecified atom stereocenters. The highest BCUT2D eigenvalue weighted by Gasteiger charge is 2.43. The van der Waals surface area contributed by atoms with Crippen molar-refractivity contribution in [1.29, 1.82) is 0 Å². The Hall–Kier alpha value is -3.06. The minimum Gasteiger partial charge on any atom is -0.386 e. The third-order valence-corrected chi connectivity index (χ3v) is 10.9. The predicted octanol–water partition coefficient (Wildman–Crippen LogP) is 3.87. The molecule has 1 aromatic carbocycles. The first-order chi connectivity index (χ1) is 24.4. The lowest BCUT2D eigenvalue weighted by atomic mass is 9.89. The Morgan fingerprint density at radius 3 is 2.02 bits per heavy atom. The van der Waals surface area contributed by atoms with Crippen molar-refractivity contribution in [2.45, 2.75) is 130 Å². The van der Waals surface area contributed by atoms with Crippen LogP contribution in [0.2, 0.25) is 0 Å². The molecule has 52 heavy (non-hydrogen) atoms. The van der Waals surface area contributed by atoms with Gasteiger partial charge in [-0.3, -0.25) is 24.1 Å². The maximum atomic E-state index is 14.2. The summed E-state index contributed by atoms with van der Waals surface area (Å²) < 4.78 is 11.9. The molecule has 1 aliphatic rings. The molecule has 12 heteroatoms. The van der Waals surface area contributed by atoms with Gasteiger partial charge in [-0.25, -0.2) is 0 Å². The first-order valence-corrected chi connectivity index (χ1v) is 19.0. The van der Waals surface area contributed by atoms with E-state index < -0.39 is 48.4 Å². The van der Waals surface area contributed by atoms with E-state index in [1.807, 2.05) is 90.9 Å². The van der Waals surface area contributed by atoms with E-state index in [4.69, 9.17) is 9.47 Å². The monoisotopic (exact) mass is 732 g/mol. The van der Waals surface area contributed by atoms with Gasteiger partial charge in [0.25, 0.3) is 0 Å². The summed E-state index contributed by atoms with van der Waals surface area (Å²) >= 11 is 0. The quantitative estimate of drug-likeness (QED) is 0.184. The molecule has 0 bridgehead atoms. The number of amides is 4. The van der Waals surface area contributed by atoms with Gasteiger partial charge < -0.3 is 35.0 Å². The number of carbonyl (C=O) groups is 4. The van der Waals surface area contributed by atoms with Crippen LogP contribution in [0.5, 0.6) is 0 Å². The van der Waals surface area contributed by atoms with Crippen LogP contribution in [0.15, 0.2) is 30.3 Å². The number of nitrogens with one attached hydrogen (secondary N) is 2. The zero-order valence-electron chi connectivity index (χ0n) is 34.1. The van der Waals surface area contributed by atoms with E-state index in [2.05, 4.69) is 10.6 Å². The summed E-state index contributed by atoms with van der Waals surface area (Å²) in [7, 11) is 8.57. The number of hydrogen-bond acceptors (Lipinski definition) is 8. The van der Waals surface area contributed by atoms with E-state index in [9.17, 15) is 24.3 Å². The van der Waals surface area contributed by atoms with Crippen molar-refractivity contribution in [2.24, 2.45) is 23.7 Å². The number of rotatable bonds is 20. The Morgan fingerprint density at radius 2 is 1.52 bits per heavy atom. The van der Waals surface area contributed by atoms with Gasteiger partial charge in [-0.2, -0.15) is 0 Å². The number of likely N-dealkylation sites (tertiary alicyclic amines) is 1. The fourth-order valence-corrected chi connectivity index (χ4v) is 7.78. The average Bonchev–Trinajstić information content (AvgIpc) is 3.59. The van der Waals surface area contributed by atoms with Crippen molar-refractivity contribution in [3.63, 3.8) is 0 Å². The molecule has 2 rings (SSSR count). The summed E-state index contributed by atoms with van der Waals surface area (Å²) in [5.41, 5.74) is 0.711. The molecule has 1 heterocycles. The molecule has 296 valence electrons. The molecule has 0 aromatic heterocycles. The maximum absolute atomic E-state index is 14.2. The second-order valence-electron chi connectivity index (χ2n) is 15.6. The fourth-order valence-electron chi connectivity index (χ4n) is 7.78. The zero-order chi connectivity index (χ0) is 39.4. The number of methoxy groups -OCH3 is 2. The van der Waals surface area contributed by atoms with Crippen molar-refractivity contribution in [1.82, 2.24) is 25.3 Å².